The first-order chi connectivity index (χ1) is 11.9. The fraction of sp³-hybridized carbons (Fsp3) is 0.300. The normalized spacial score (nSPS) is 10.9. The number of carbonyl (C=O) groups is 1. The Bertz CT molecular complexity index is 787. The Balaban J connectivity index is 2.12. The van der Waals surface area contributed by atoms with Crippen LogP contribution in [0.4, 0.5) is 5.69 Å². The van der Waals surface area contributed by atoms with Crippen LogP contribution in [0.3, 0.4) is 0 Å². The SMILES string of the molecule is CCN(C)/C=N\c1cc(C)c(C(=O)COc2cccc(Br)c2)cc1C. The first kappa shape index (κ1) is 19.2. The van der Waals surface area contributed by atoms with Crippen molar-refractivity contribution in [1.82, 2.24) is 4.90 Å². The number of nitrogens with zero attached hydrogens (tertiary/aromatic N) is 2. The molecule has 5 heteroatoms. The van der Waals surface area contributed by atoms with Gasteiger partial charge in [0.1, 0.15) is 5.75 Å². The summed E-state index contributed by atoms with van der Waals surface area (Å²) >= 11 is 3.39. The van der Waals surface area contributed by atoms with Gasteiger partial charge in [0.05, 0.1) is 12.0 Å². The zero-order valence-corrected chi connectivity index (χ0v) is 16.6. The molecule has 0 N–H and O–H groups in total. The zero-order chi connectivity index (χ0) is 18.4. The zero-order valence-electron chi connectivity index (χ0n) is 15.0. The van der Waals surface area contributed by atoms with Crippen LogP contribution in [0.5, 0.6) is 5.75 Å². The first-order valence-corrected chi connectivity index (χ1v) is 8.97. The van der Waals surface area contributed by atoms with E-state index < -0.39 is 0 Å². The summed E-state index contributed by atoms with van der Waals surface area (Å²) in [6.45, 7) is 6.86. The molecule has 0 aromatic heterocycles. The van der Waals surface area contributed by atoms with Gasteiger partial charge in [-0.1, -0.05) is 22.0 Å². The lowest BCUT2D eigenvalue weighted by molar-refractivity contribution is 0.0921. The van der Waals surface area contributed by atoms with Crippen LogP contribution in [-0.2, 0) is 0 Å². The number of Topliss-reactive ketones (excluding diaryl/α,β-unsaturated/α-hetero) is 1. The highest BCUT2D eigenvalue weighted by atomic mass is 79.9. The van der Waals surface area contributed by atoms with E-state index in [2.05, 4.69) is 27.8 Å². The van der Waals surface area contributed by atoms with Crippen LogP contribution in [0, 0.1) is 13.8 Å². The summed E-state index contributed by atoms with van der Waals surface area (Å²) in [5.41, 5.74) is 3.43. The molecule has 0 fully saturated rings. The number of benzene rings is 2. The molecule has 0 saturated carbocycles. The molecule has 0 heterocycles. The number of carbonyl (C=O) groups excluding carboxylic acids is 1. The van der Waals surface area contributed by atoms with Crippen LogP contribution in [-0.4, -0.2) is 37.2 Å². The van der Waals surface area contributed by atoms with Crippen molar-refractivity contribution in [2.24, 2.45) is 4.99 Å². The van der Waals surface area contributed by atoms with E-state index in [1.165, 1.54) is 0 Å². The smallest absolute Gasteiger partial charge is 0.200 e. The Morgan fingerprint density at radius 1 is 1.24 bits per heavy atom. The van der Waals surface area contributed by atoms with Crippen molar-refractivity contribution in [3.05, 3.63) is 57.6 Å². The van der Waals surface area contributed by atoms with E-state index in [9.17, 15) is 4.79 Å². The number of aliphatic imine (C=N–C) groups is 1. The number of hydrogen-bond donors (Lipinski definition) is 0. The number of hydrogen-bond acceptors (Lipinski definition) is 3. The number of ether oxygens (including phenoxy) is 1. The summed E-state index contributed by atoms with van der Waals surface area (Å²) in [5.74, 6) is 0.628. The van der Waals surface area contributed by atoms with Crippen molar-refractivity contribution in [3.8, 4) is 5.75 Å². The molecular weight excluding hydrogens is 380 g/mol. The molecule has 4 nitrogen and oxygen atoms in total. The van der Waals surface area contributed by atoms with Crippen molar-refractivity contribution in [2.45, 2.75) is 20.8 Å². The monoisotopic (exact) mass is 402 g/mol. The number of halogens is 1. The highest BCUT2D eigenvalue weighted by Crippen LogP contribution is 2.24. The molecule has 0 amide bonds. The van der Waals surface area contributed by atoms with E-state index in [1.54, 1.807) is 6.34 Å². The van der Waals surface area contributed by atoms with Gasteiger partial charge in [0, 0.05) is 23.6 Å². The molecule has 2 aromatic rings. The maximum absolute atomic E-state index is 12.5. The molecule has 0 spiro atoms. The average Bonchev–Trinajstić information content (AvgIpc) is 2.59. The van der Waals surface area contributed by atoms with Crippen LogP contribution in [0.1, 0.15) is 28.4 Å². The van der Waals surface area contributed by atoms with Gasteiger partial charge in [-0.15, -0.1) is 0 Å². The largest absolute Gasteiger partial charge is 0.485 e. The first-order valence-electron chi connectivity index (χ1n) is 8.18. The maximum atomic E-state index is 12.5. The van der Waals surface area contributed by atoms with Gasteiger partial charge in [0.15, 0.2) is 12.4 Å². The molecule has 0 radical (unpaired) electrons. The van der Waals surface area contributed by atoms with Crippen molar-refractivity contribution in [1.29, 1.82) is 0 Å². The van der Waals surface area contributed by atoms with E-state index >= 15 is 0 Å². The summed E-state index contributed by atoms with van der Waals surface area (Å²) in [5, 5.41) is 0. The van der Waals surface area contributed by atoms with Crippen molar-refractivity contribution in [3.63, 3.8) is 0 Å². The Hall–Kier alpha value is -2.14. The second-order valence-electron chi connectivity index (χ2n) is 5.94. The fourth-order valence-electron chi connectivity index (χ4n) is 2.27. The Morgan fingerprint density at radius 2 is 2.00 bits per heavy atom. The molecule has 2 aromatic carbocycles. The van der Waals surface area contributed by atoms with Crippen molar-refractivity contribution in [2.75, 3.05) is 20.2 Å². The lowest BCUT2D eigenvalue weighted by atomic mass is 10.0. The topological polar surface area (TPSA) is 41.9 Å². The third-order valence-corrected chi connectivity index (χ3v) is 4.40. The number of aryl methyl sites for hydroxylation is 2. The lowest BCUT2D eigenvalue weighted by Crippen LogP contribution is -2.14. The molecular formula is C20H23BrN2O2. The second kappa shape index (κ2) is 8.81. The van der Waals surface area contributed by atoms with E-state index in [0.29, 0.717) is 11.3 Å². The second-order valence-corrected chi connectivity index (χ2v) is 6.86. The predicted molar refractivity (Wildman–Crippen MR) is 106 cm³/mol. The molecule has 0 saturated heterocycles. The Morgan fingerprint density at radius 3 is 2.68 bits per heavy atom. The molecule has 0 aliphatic heterocycles. The molecule has 2 rings (SSSR count). The lowest BCUT2D eigenvalue weighted by Gasteiger charge is -2.12. The number of rotatable bonds is 7. The van der Waals surface area contributed by atoms with Crippen LogP contribution < -0.4 is 4.74 Å². The van der Waals surface area contributed by atoms with Gasteiger partial charge in [0.2, 0.25) is 0 Å². The van der Waals surface area contributed by atoms with E-state index in [0.717, 1.165) is 27.8 Å². The minimum absolute atomic E-state index is 0.0118. The maximum Gasteiger partial charge on any atom is 0.200 e. The third-order valence-electron chi connectivity index (χ3n) is 3.90. The van der Waals surface area contributed by atoms with Gasteiger partial charge >= 0.3 is 0 Å². The van der Waals surface area contributed by atoms with Gasteiger partial charge in [-0.3, -0.25) is 4.79 Å². The molecule has 0 aliphatic carbocycles. The van der Waals surface area contributed by atoms with Crippen LogP contribution >= 0.6 is 15.9 Å². The van der Waals surface area contributed by atoms with Gasteiger partial charge in [-0.05, 0) is 62.2 Å². The van der Waals surface area contributed by atoms with Crippen molar-refractivity contribution < 1.29 is 9.53 Å². The van der Waals surface area contributed by atoms with Gasteiger partial charge in [-0.2, -0.15) is 0 Å². The standard InChI is InChI=1S/C20H23BrN2O2/c1-5-23(4)13-22-19-10-14(2)18(9-15(19)3)20(24)12-25-17-8-6-7-16(21)11-17/h6-11,13H,5,12H2,1-4H3/b22-13-. The highest BCUT2D eigenvalue weighted by molar-refractivity contribution is 9.10. The molecule has 132 valence electrons. The molecule has 0 bridgehead atoms. The quantitative estimate of drug-likeness (QED) is 0.374. The Labute approximate surface area is 157 Å². The average molecular weight is 403 g/mol. The number of ketones is 1. The summed E-state index contributed by atoms with van der Waals surface area (Å²) in [4.78, 5) is 19.0. The highest BCUT2D eigenvalue weighted by Gasteiger charge is 2.12. The Kier molecular flexibility index (Phi) is 6.76. The fourth-order valence-corrected chi connectivity index (χ4v) is 2.64. The summed E-state index contributed by atoms with van der Waals surface area (Å²) in [6, 6.07) is 11.3. The molecule has 0 unspecified atom stereocenters. The van der Waals surface area contributed by atoms with Crippen LogP contribution in [0.25, 0.3) is 0 Å². The van der Waals surface area contributed by atoms with Gasteiger partial charge < -0.3 is 9.64 Å². The van der Waals surface area contributed by atoms with Gasteiger partial charge in [0.25, 0.3) is 0 Å². The van der Waals surface area contributed by atoms with Crippen LogP contribution in [0.15, 0.2) is 45.9 Å². The minimum atomic E-state index is -0.0400. The predicted octanol–water partition coefficient (Wildman–Crippen LogP) is 4.94. The van der Waals surface area contributed by atoms with Crippen LogP contribution in [0.2, 0.25) is 0 Å². The molecule has 0 atom stereocenters. The molecule has 0 aliphatic rings. The summed E-state index contributed by atoms with van der Waals surface area (Å²) in [7, 11) is 1.98. The van der Waals surface area contributed by atoms with E-state index in [1.807, 2.05) is 62.2 Å². The summed E-state index contributed by atoms with van der Waals surface area (Å²) < 4.78 is 6.53. The van der Waals surface area contributed by atoms with E-state index in [4.69, 9.17) is 4.74 Å². The van der Waals surface area contributed by atoms with E-state index in [-0.39, 0.29) is 12.4 Å². The minimum Gasteiger partial charge on any atom is -0.485 e. The van der Waals surface area contributed by atoms with Gasteiger partial charge in [-0.25, -0.2) is 4.99 Å². The molecule has 25 heavy (non-hydrogen) atoms. The third kappa shape index (κ3) is 5.43. The summed E-state index contributed by atoms with van der Waals surface area (Å²) in [6.07, 6.45) is 1.81. The van der Waals surface area contributed by atoms with Crippen molar-refractivity contribution >= 4 is 33.7 Å².